The van der Waals surface area contributed by atoms with Crippen molar-refractivity contribution in [1.82, 2.24) is 0 Å². The maximum Gasteiger partial charge on any atom is 0.135 e. The molecule has 0 saturated carbocycles. The second-order valence-electron chi connectivity index (χ2n) is 3.68. The van der Waals surface area contributed by atoms with Gasteiger partial charge in [0.1, 0.15) is 5.75 Å². The predicted molar refractivity (Wildman–Crippen MR) is 77.5 cm³/mol. The molecule has 90 valence electrons. The van der Waals surface area contributed by atoms with Crippen molar-refractivity contribution in [2.45, 2.75) is 0 Å². The largest absolute Gasteiger partial charge is 0.495 e. The number of benzene rings is 2. The SMILES string of the molecule is COc1cc(Br)ccc1C#Cc1ccccc1N. The lowest BCUT2D eigenvalue weighted by Gasteiger charge is -2.03. The Bertz CT molecular complexity index is 626. The molecule has 0 unspecified atom stereocenters. The van der Waals surface area contributed by atoms with Gasteiger partial charge in [0.25, 0.3) is 0 Å². The maximum atomic E-state index is 5.84. The second kappa shape index (κ2) is 5.61. The van der Waals surface area contributed by atoms with Gasteiger partial charge in [-0.25, -0.2) is 0 Å². The Labute approximate surface area is 115 Å². The highest BCUT2D eigenvalue weighted by molar-refractivity contribution is 9.10. The average molecular weight is 302 g/mol. The molecule has 0 aliphatic rings. The first-order chi connectivity index (χ1) is 8.70. The molecule has 0 aliphatic carbocycles. The Morgan fingerprint density at radius 2 is 1.78 bits per heavy atom. The lowest BCUT2D eigenvalue weighted by molar-refractivity contribution is 0.413. The Morgan fingerprint density at radius 1 is 1.06 bits per heavy atom. The molecule has 0 aromatic heterocycles. The second-order valence-corrected chi connectivity index (χ2v) is 4.60. The number of ether oxygens (including phenoxy) is 1. The minimum Gasteiger partial charge on any atom is -0.495 e. The summed E-state index contributed by atoms with van der Waals surface area (Å²) in [5.74, 6) is 6.87. The van der Waals surface area contributed by atoms with Gasteiger partial charge in [0.2, 0.25) is 0 Å². The molecule has 2 nitrogen and oxygen atoms in total. The average Bonchev–Trinajstić information content (AvgIpc) is 2.39. The van der Waals surface area contributed by atoms with Gasteiger partial charge in [0.05, 0.1) is 12.7 Å². The molecule has 0 spiro atoms. The van der Waals surface area contributed by atoms with E-state index in [1.54, 1.807) is 7.11 Å². The predicted octanol–water partition coefficient (Wildman–Crippen LogP) is 3.44. The molecule has 18 heavy (non-hydrogen) atoms. The van der Waals surface area contributed by atoms with Crippen molar-refractivity contribution < 1.29 is 4.74 Å². The third-order valence-corrected chi connectivity index (χ3v) is 2.95. The molecule has 0 heterocycles. The summed E-state index contributed by atoms with van der Waals surface area (Å²) in [6.07, 6.45) is 0. The highest BCUT2D eigenvalue weighted by atomic mass is 79.9. The normalized spacial score (nSPS) is 9.44. The molecule has 3 heteroatoms. The highest BCUT2D eigenvalue weighted by Gasteiger charge is 2.00. The van der Waals surface area contributed by atoms with Crippen molar-refractivity contribution in [2.75, 3.05) is 12.8 Å². The van der Waals surface area contributed by atoms with Crippen LogP contribution >= 0.6 is 15.9 Å². The van der Waals surface area contributed by atoms with Crippen molar-refractivity contribution in [3.05, 3.63) is 58.1 Å². The highest BCUT2D eigenvalue weighted by Crippen LogP contribution is 2.22. The molecule has 2 aromatic rings. The number of methoxy groups -OCH3 is 1. The fourth-order valence-electron chi connectivity index (χ4n) is 1.51. The van der Waals surface area contributed by atoms with Crippen LogP contribution in [0.2, 0.25) is 0 Å². The smallest absolute Gasteiger partial charge is 0.135 e. The van der Waals surface area contributed by atoms with Crippen LogP contribution in [-0.4, -0.2) is 7.11 Å². The van der Waals surface area contributed by atoms with Crippen LogP contribution in [0.25, 0.3) is 0 Å². The fourth-order valence-corrected chi connectivity index (χ4v) is 1.85. The van der Waals surface area contributed by atoms with Gasteiger partial charge in [0.15, 0.2) is 0 Å². The molecule has 0 aliphatic heterocycles. The molecule has 0 radical (unpaired) electrons. The van der Waals surface area contributed by atoms with Crippen LogP contribution < -0.4 is 10.5 Å². The van der Waals surface area contributed by atoms with E-state index in [9.17, 15) is 0 Å². The molecule has 2 rings (SSSR count). The number of hydrogen-bond donors (Lipinski definition) is 1. The summed E-state index contributed by atoms with van der Waals surface area (Å²) >= 11 is 3.40. The van der Waals surface area contributed by atoms with Gasteiger partial charge in [-0.1, -0.05) is 39.9 Å². The number of rotatable bonds is 1. The minimum absolute atomic E-state index is 0.682. The van der Waals surface area contributed by atoms with Gasteiger partial charge in [-0.05, 0) is 30.3 Å². The lowest BCUT2D eigenvalue weighted by atomic mass is 10.1. The summed E-state index contributed by atoms with van der Waals surface area (Å²) in [6, 6.07) is 13.3. The summed E-state index contributed by atoms with van der Waals surface area (Å²) in [5.41, 5.74) is 8.18. The summed E-state index contributed by atoms with van der Waals surface area (Å²) in [6.45, 7) is 0. The van der Waals surface area contributed by atoms with Crippen molar-refractivity contribution >= 4 is 21.6 Å². The van der Waals surface area contributed by atoms with E-state index in [1.807, 2.05) is 42.5 Å². The zero-order chi connectivity index (χ0) is 13.0. The monoisotopic (exact) mass is 301 g/mol. The van der Waals surface area contributed by atoms with E-state index in [4.69, 9.17) is 10.5 Å². The summed E-state index contributed by atoms with van der Waals surface area (Å²) < 4.78 is 6.24. The van der Waals surface area contributed by atoms with Gasteiger partial charge < -0.3 is 10.5 Å². The summed E-state index contributed by atoms with van der Waals surface area (Å²) in [4.78, 5) is 0. The molecule has 0 bridgehead atoms. The van der Waals surface area contributed by atoms with Gasteiger partial charge in [-0.15, -0.1) is 0 Å². The van der Waals surface area contributed by atoms with Crippen molar-refractivity contribution in [3.8, 4) is 17.6 Å². The molecular formula is C15H12BrNO. The zero-order valence-corrected chi connectivity index (χ0v) is 11.5. The topological polar surface area (TPSA) is 35.2 Å². The van der Waals surface area contributed by atoms with Crippen molar-refractivity contribution in [1.29, 1.82) is 0 Å². The van der Waals surface area contributed by atoms with E-state index >= 15 is 0 Å². The van der Waals surface area contributed by atoms with Crippen LogP contribution in [-0.2, 0) is 0 Å². The van der Waals surface area contributed by atoms with Gasteiger partial charge >= 0.3 is 0 Å². The van der Waals surface area contributed by atoms with E-state index < -0.39 is 0 Å². The quantitative estimate of drug-likeness (QED) is 0.647. The standard InChI is InChI=1S/C15H12BrNO/c1-18-15-10-13(16)9-8-12(15)7-6-11-4-2-3-5-14(11)17/h2-5,8-10H,17H2,1H3. The minimum atomic E-state index is 0.682. The molecule has 2 N–H and O–H groups in total. The molecule has 0 saturated heterocycles. The first-order valence-electron chi connectivity index (χ1n) is 5.41. The Hall–Kier alpha value is -1.92. The number of nitrogen functional groups attached to an aromatic ring is 1. The van der Waals surface area contributed by atoms with Gasteiger partial charge in [-0.3, -0.25) is 0 Å². The van der Waals surface area contributed by atoms with Crippen LogP contribution in [0.15, 0.2) is 46.9 Å². The lowest BCUT2D eigenvalue weighted by Crippen LogP contribution is -1.90. The fraction of sp³-hybridized carbons (Fsp3) is 0.0667. The van der Waals surface area contributed by atoms with Crippen LogP contribution in [0.3, 0.4) is 0 Å². The number of para-hydroxylation sites is 1. The van der Waals surface area contributed by atoms with Crippen molar-refractivity contribution in [2.24, 2.45) is 0 Å². The number of anilines is 1. The molecule has 0 atom stereocenters. The summed E-state index contributed by atoms with van der Waals surface area (Å²) in [7, 11) is 1.63. The maximum absolute atomic E-state index is 5.84. The van der Waals surface area contributed by atoms with Crippen LogP contribution in [0.4, 0.5) is 5.69 Å². The van der Waals surface area contributed by atoms with Crippen LogP contribution in [0, 0.1) is 11.8 Å². The molecule has 0 fully saturated rings. The van der Waals surface area contributed by atoms with E-state index in [1.165, 1.54) is 0 Å². The molecule has 0 amide bonds. The van der Waals surface area contributed by atoms with E-state index in [2.05, 4.69) is 27.8 Å². The van der Waals surface area contributed by atoms with Gasteiger partial charge in [0, 0.05) is 15.7 Å². The molecule has 2 aromatic carbocycles. The Morgan fingerprint density at radius 3 is 2.50 bits per heavy atom. The third kappa shape index (κ3) is 2.85. The Kier molecular flexibility index (Phi) is 3.91. The zero-order valence-electron chi connectivity index (χ0n) is 9.91. The van der Waals surface area contributed by atoms with Crippen molar-refractivity contribution in [3.63, 3.8) is 0 Å². The first kappa shape index (κ1) is 12.5. The number of hydrogen-bond acceptors (Lipinski definition) is 2. The Balaban J connectivity index is 2.39. The third-order valence-electron chi connectivity index (χ3n) is 2.46. The number of halogens is 1. The number of nitrogens with two attached hydrogens (primary N) is 1. The first-order valence-corrected chi connectivity index (χ1v) is 6.20. The van der Waals surface area contributed by atoms with Crippen LogP contribution in [0.5, 0.6) is 5.75 Å². The summed E-state index contributed by atoms with van der Waals surface area (Å²) in [5, 5.41) is 0. The van der Waals surface area contributed by atoms with E-state index in [0.29, 0.717) is 5.69 Å². The van der Waals surface area contributed by atoms with Crippen LogP contribution in [0.1, 0.15) is 11.1 Å². The van der Waals surface area contributed by atoms with Gasteiger partial charge in [-0.2, -0.15) is 0 Å². The van der Waals surface area contributed by atoms with E-state index in [-0.39, 0.29) is 0 Å². The molecular weight excluding hydrogens is 290 g/mol. The van der Waals surface area contributed by atoms with E-state index in [0.717, 1.165) is 21.3 Å².